The molecule has 2 aromatic rings. The third-order valence-corrected chi connectivity index (χ3v) is 11.8. The summed E-state index contributed by atoms with van der Waals surface area (Å²) in [5.41, 5.74) is 0.739. The van der Waals surface area contributed by atoms with Crippen LogP contribution in [0.4, 0.5) is 9.39 Å². The van der Waals surface area contributed by atoms with Gasteiger partial charge < -0.3 is 15.3 Å². The predicted molar refractivity (Wildman–Crippen MR) is 146 cm³/mol. The maximum absolute atomic E-state index is 14.0. The van der Waals surface area contributed by atoms with E-state index in [2.05, 4.69) is 9.71 Å². The first-order valence-electron chi connectivity index (χ1n) is 12.4. The number of aliphatic hydroxyl groups excluding tert-OH is 1. The molecule has 4 atom stereocenters. The number of rotatable bonds is 6. The van der Waals surface area contributed by atoms with E-state index in [0.717, 1.165) is 36.9 Å². The van der Waals surface area contributed by atoms with E-state index >= 15 is 0 Å². The van der Waals surface area contributed by atoms with Gasteiger partial charge in [-0.1, -0.05) is 17.7 Å². The number of halogens is 2. The number of sulfone groups is 1. The quantitative estimate of drug-likeness (QED) is 0.505. The molecule has 9 nitrogen and oxygen atoms in total. The molecular weight excluding hydrogens is 589 g/mol. The molecule has 2 saturated carbocycles. The molecule has 2 aliphatic carbocycles. The lowest BCUT2D eigenvalue weighted by Gasteiger charge is -2.44. The molecule has 208 valence electrons. The summed E-state index contributed by atoms with van der Waals surface area (Å²) in [7, 11) is -7.62. The van der Waals surface area contributed by atoms with E-state index in [1.807, 2.05) is 0 Å². The van der Waals surface area contributed by atoms with Crippen LogP contribution < -0.4 is 5.32 Å². The van der Waals surface area contributed by atoms with Crippen LogP contribution in [0.25, 0.3) is 0 Å². The number of benzene rings is 1. The largest absolute Gasteiger partial charge is 0.511 e. The molecule has 2 fully saturated rings. The molecule has 2 bridgehead atoms. The van der Waals surface area contributed by atoms with Gasteiger partial charge in [-0.3, -0.25) is 4.79 Å². The fraction of sp³-hybridized carbons (Fsp3) is 0.440. The summed E-state index contributed by atoms with van der Waals surface area (Å²) in [6, 6.07) is 3.97. The zero-order chi connectivity index (χ0) is 27.9. The highest BCUT2D eigenvalue weighted by molar-refractivity contribution is 7.91. The fourth-order valence-corrected chi connectivity index (χ4v) is 9.97. The summed E-state index contributed by atoms with van der Waals surface area (Å²) in [6.07, 6.45) is 3.74. The van der Waals surface area contributed by atoms with Crippen molar-refractivity contribution in [3.63, 3.8) is 0 Å². The second-order valence-corrected chi connectivity index (χ2v) is 15.7. The highest BCUT2D eigenvalue weighted by Gasteiger charge is 2.57. The van der Waals surface area contributed by atoms with Crippen molar-refractivity contribution in [3.8, 4) is 0 Å². The van der Waals surface area contributed by atoms with Gasteiger partial charge in [-0.2, -0.15) is 8.42 Å². The zero-order valence-electron chi connectivity index (χ0n) is 20.7. The predicted octanol–water partition coefficient (Wildman–Crippen LogP) is 3.91. The van der Waals surface area contributed by atoms with Crippen molar-refractivity contribution < 1.29 is 31.1 Å². The van der Waals surface area contributed by atoms with E-state index < -0.39 is 31.6 Å². The molecule has 0 radical (unpaired) electrons. The van der Waals surface area contributed by atoms with E-state index in [0.29, 0.717) is 11.1 Å². The second-order valence-electron chi connectivity index (χ2n) is 10.6. The van der Waals surface area contributed by atoms with Crippen molar-refractivity contribution in [3.05, 3.63) is 56.9 Å². The van der Waals surface area contributed by atoms with Crippen LogP contribution in [0.2, 0.25) is 5.02 Å². The summed E-state index contributed by atoms with van der Waals surface area (Å²) in [5, 5.41) is 16.1. The molecule has 6 rings (SSSR count). The van der Waals surface area contributed by atoms with Crippen LogP contribution in [0, 0.1) is 23.6 Å². The summed E-state index contributed by atoms with van der Waals surface area (Å²) in [4.78, 5) is 15.5. The van der Waals surface area contributed by atoms with Gasteiger partial charge >= 0.3 is 0 Å². The third kappa shape index (κ3) is 4.56. The minimum Gasteiger partial charge on any atom is -0.511 e. The Morgan fingerprint density at radius 1 is 1.28 bits per heavy atom. The third-order valence-electron chi connectivity index (χ3n) is 8.11. The van der Waals surface area contributed by atoms with Gasteiger partial charge in [0, 0.05) is 24.8 Å². The first-order valence-corrected chi connectivity index (χ1v) is 17.2. The van der Waals surface area contributed by atoms with Crippen LogP contribution in [0.3, 0.4) is 0 Å². The molecule has 3 heterocycles. The van der Waals surface area contributed by atoms with Crippen LogP contribution in [-0.4, -0.2) is 56.6 Å². The van der Waals surface area contributed by atoms with Gasteiger partial charge in [0.25, 0.3) is 15.9 Å². The molecule has 2 aliphatic heterocycles. The van der Waals surface area contributed by atoms with Gasteiger partial charge in [0.2, 0.25) is 0 Å². The minimum atomic E-state index is -4.30. The van der Waals surface area contributed by atoms with Crippen molar-refractivity contribution in [2.45, 2.75) is 43.2 Å². The number of amides is 1. The molecular formula is C25H25ClFN3O6S3. The number of anilines is 1. The number of aliphatic hydroxyl groups is 1. The van der Waals surface area contributed by atoms with E-state index in [1.165, 1.54) is 12.1 Å². The topological polar surface area (TPSA) is 133 Å². The van der Waals surface area contributed by atoms with Crippen LogP contribution in [-0.2, 0) is 37.6 Å². The first-order chi connectivity index (χ1) is 18.3. The number of aryl methyl sites for hydroxylation is 1. The standard InChI is InChI=1S/C25H25ClFN3O6S3/c1-38(33,34)7-6-15-11-37-24-22(15)39(35,36)29-23(28-24)19-21(31)18-13-3-4-14(9-13)20(18)30(25(19)32)10-12-2-5-17(27)16(26)8-12/h2,5,8,11,13-14,18,20,31H,3-4,6-7,9-10H2,1H3,(H,28,29). The molecule has 0 spiro atoms. The Hall–Kier alpha value is -2.48. The van der Waals surface area contributed by atoms with Gasteiger partial charge in [0.15, 0.2) is 5.84 Å². The molecule has 0 saturated heterocycles. The fourth-order valence-electron chi connectivity index (χ4n) is 6.51. The highest BCUT2D eigenvalue weighted by Crippen LogP contribution is 2.55. The first kappa shape index (κ1) is 26.7. The van der Waals surface area contributed by atoms with Gasteiger partial charge in [-0.25, -0.2) is 12.8 Å². The average Bonchev–Trinajstić information content (AvgIpc) is 3.57. The number of carbonyl (C=O) groups excluding carboxylic acids is 1. The van der Waals surface area contributed by atoms with Crippen LogP contribution in [0.5, 0.6) is 0 Å². The maximum Gasteiger partial charge on any atom is 0.287 e. The van der Waals surface area contributed by atoms with Crippen molar-refractivity contribution >= 4 is 59.5 Å². The molecule has 39 heavy (non-hydrogen) atoms. The number of sulfonamides is 1. The lowest BCUT2D eigenvalue weighted by Crippen LogP contribution is -2.53. The lowest BCUT2D eigenvalue weighted by atomic mass is 9.77. The molecule has 2 N–H and O–H groups in total. The van der Waals surface area contributed by atoms with E-state index in [-0.39, 0.29) is 74.6 Å². The summed E-state index contributed by atoms with van der Waals surface area (Å²) in [5.74, 6) is -1.82. The maximum atomic E-state index is 14.0. The van der Waals surface area contributed by atoms with Gasteiger partial charge in [0.1, 0.15) is 36.9 Å². The van der Waals surface area contributed by atoms with Crippen molar-refractivity contribution in [2.75, 3.05) is 17.3 Å². The molecule has 4 unspecified atom stereocenters. The Labute approximate surface area is 234 Å². The normalized spacial score (nSPS) is 27.3. The Kier molecular flexibility index (Phi) is 6.36. The van der Waals surface area contributed by atoms with Crippen molar-refractivity contribution in [1.82, 2.24) is 4.90 Å². The van der Waals surface area contributed by atoms with Crippen LogP contribution in [0.1, 0.15) is 30.4 Å². The van der Waals surface area contributed by atoms with Gasteiger partial charge in [-0.15, -0.1) is 15.7 Å². The summed E-state index contributed by atoms with van der Waals surface area (Å²) >= 11 is 7.06. The number of fused-ring (bicyclic) bond motifs is 6. The smallest absolute Gasteiger partial charge is 0.287 e. The van der Waals surface area contributed by atoms with E-state index in [4.69, 9.17) is 11.6 Å². The van der Waals surface area contributed by atoms with Crippen LogP contribution in [0.15, 0.2) is 44.2 Å². The molecule has 14 heteroatoms. The van der Waals surface area contributed by atoms with E-state index in [9.17, 15) is 31.1 Å². The molecule has 1 amide bonds. The number of amidine groups is 1. The van der Waals surface area contributed by atoms with Crippen molar-refractivity contribution in [2.24, 2.45) is 22.2 Å². The number of hydrogen-bond donors (Lipinski definition) is 2. The zero-order valence-corrected chi connectivity index (χ0v) is 23.9. The second kappa shape index (κ2) is 9.28. The average molecular weight is 614 g/mol. The van der Waals surface area contributed by atoms with Gasteiger partial charge in [-0.05, 0) is 66.2 Å². The molecule has 1 aromatic heterocycles. The number of nitrogens with one attached hydrogen (secondary N) is 1. The van der Waals surface area contributed by atoms with E-state index in [1.54, 1.807) is 16.3 Å². The summed E-state index contributed by atoms with van der Waals surface area (Å²) in [6.45, 7) is 0.111. The number of thiophene rings is 1. The SMILES string of the molecule is CS(=O)(=O)CCc1csc2c1S(=O)(=O)N=C(C1=C(O)C3C4CCC(C4)C3N(Cc3ccc(F)c(Cl)c3)C1=O)N2. The Balaban J connectivity index is 1.39. The number of hydrogen-bond acceptors (Lipinski definition) is 8. The Morgan fingerprint density at radius 2 is 2.03 bits per heavy atom. The monoisotopic (exact) mass is 613 g/mol. The lowest BCUT2D eigenvalue weighted by molar-refractivity contribution is -0.134. The Morgan fingerprint density at radius 3 is 2.74 bits per heavy atom. The minimum absolute atomic E-state index is 0.00410. The number of carbonyl (C=O) groups is 1. The summed E-state index contributed by atoms with van der Waals surface area (Å²) < 4.78 is 67.5. The number of nitrogens with zero attached hydrogens (tertiary/aromatic N) is 2. The van der Waals surface area contributed by atoms with Crippen LogP contribution >= 0.6 is 22.9 Å². The Bertz CT molecular complexity index is 1680. The molecule has 4 aliphatic rings. The van der Waals surface area contributed by atoms with Gasteiger partial charge in [0.05, 0.1) is 10.8 Å². The highest BCUT2D eigenvalue weighted by atomic mass is 35.5. The van der Waals surface area contributed by atoms with Crippen molar-refractivity contribution in [1.29, 1.82) is 0 Å². The molecule has 1 aromatic carbocycles.